The second-order valence-corrected chi connectivity index (χ2v) is 4.51. The number of rotatable bonds is 8. The Kier molecular flexibility index (Phi) is 4.54. The van der Waals surface area contributed by atoms with Crippen LogP contribution in [0.4, 0.5) is 0 Å². The van der Waals surface area contributed by atoms with Crippen molar-refractivity contribution in [3.8, 4) is 0 Å². The quantitative estimate of drug-likeness (QED) is 0.500. The van der Waals surface area contributed by atoms with E-state index in [4.69, 9.17) is 0 Å². The Hall–Kier alpha value is -1.30. The normalized spacial score (nSPS) is 17.5. The summed E-state index contributed by atoms with van der Waals surface area (Å²) in [5, 5.41) is 0. The van der Waals surface area contributed by atoms with Crippen molar-refractivity contribution >= 4 is 0 Å². The predicted molar refractivity (Wildman–Crippen MR) is 73.3 cm³/mol. The average Bonchev–Trinajstić information content (AvgIpc) is 2.26. The van der Waals surface area contributed by atoms with Gasteiger partial charge in [0.05, 0.1) is 0 Å². The molecule has 0 N–H and O–H groups in total. The third-order valence-electron chi connectivity index (χ3n) is 3.43. The molecule has 0 saturated heterocycles. The molecule has 0 atom stereocenters. The van der Waals surface area contributed by atoms with E-state index >= 15 is 0 Å². The fourth-order valence-corrected chi connectivity index (χ4v) is 2.79. The van der Waals surface area contributed by atoms with Gasteiger partial charge in [0.15, 0.2) is 0 Å². The molecule has 0 aliphatic heterocycles. The van der Waals surface area contributed by atoms with Gasteiger partial charge in [0.25, 0.3) is 0 Å². The topological polar surface area (TPSA) is 0 Å². The summed E-state index contributed by atoms with van der Waals surface area (Å²) in [6.07, 6.45) is 13.3. The van der Waals surface area contributed by atoms with Gasteiger partial charge in [-0.3, -0.25) is 0 Å². The highest BCUT2D eigenvalue weighted by atomic mass is 14.4. The third kappa shape index (κ3) is 2.27. The Morgan fingerprint density at radius 3 is 1.88 bits per heavy atom. The number of hydrogen-bond acceptors (Lipinski definition) is 0. The molecule has 0 spiro atoms. The molecule has 1 aliphatic rings. The Labute approximate surface area is 99.8 Å². The van der Waals surface area contributed by atoms with E-state index in [9.17, 15) is 0 Å². The molecule has 0 fully saturated rings. The van der Waals surface area contributed by atoms with Crippen molar-refractivity contribution in [3.05, 3.63) is 61.8 Å². The van der Waals surface area contributed by atoms with E-state index in [1.54, 1.807) is 11.1 Å². The molecule has 0 heterocycles. The van der Waals surface area contributed by atoms with E-state index in [0.717, 1.165) is 25.7 Å². The molecule has 0 saturated carbocycles. The fraction of sp³-hybridized carbons (Fsp3) is 0.375. The van der Waals surface area contributed by atoms with Gasteiger partial charge >= 0.3 is 0 Å². The van der Waals surface area contributed by atoms with Crippen LogP contribution in [-0.2, 0) is 0 Å². The molecule has 0 unspecified atom stereocenters. The van der Waals surface area contributed by atoms with Gasteiger partial charge in [0.2, 0.25) is 0 Å². The lowest BCUT2D eigenvalue weighted by Gasteiger charge is -2.46. The van der Waals surface area contributed by atoms with Gasteiger partial charge in [-0.05, 0) is 32.1 Å². The summed E-state index contributed by atoms with van der Waals surface area (Å²) in [6, 6.07) is 0. The zero-order chi connectivity index (χ0) is 12.0. The van der Waals surface area contributed by atoms with E-state index < -0.39 is 0 Å². The SMILES string of the molecule is C=CCC1=C(CC=C)C(CC=C)(CC=C)C1. The maximum Gasteiger partial charge on any atom is 0.00238 e. The van der Waals surface area contributed by atoms with Gasteiger partial charge in [-0.1, -0.05) is 35.5 Å². The van der Waals surface area contributed by atoms with E-state index in [-0.39, 0.29) is 5.41 Å². The summed E-state index contributed by atoms with van der Waals surface area (Å²) < 4.78 is 0. The van der Waals surface area contributed by atoms with Crippen LogP contribution in [0.5, 0.6) is 0 Å². The average molecular weight is 214 g/mol. The first-order valence-corrected chi connectivity index (χ1v) is 5.89. The molecule has 0 aromatic rings. The monoisotopic (exact) mass is 214 g/mol. The highest BCUT2D eigenvalue weighted by Gasteiger charge is 2.41. The smallest absolute Gasteiger partial charge is 0.00238 e. The van der Waals surface area contributed by atoms with E-state index in [2.05, 4.69) is 26.3 Å². The van der Waals surface area contributed by atoms with E-state index in [1.165, 1.54) is 6.42 Å². The predicted octanol–water partition coefficient (Wildman–Crippen LogP) is 4.98. The lowest BCUT2D eigenvalue weighted by Crippen LogP contribution is -2.32. The minimum Gasteiger partial charge on any atom is -0.103 e. The summed E-state index contributed by atoms with van der Waals surface area (Å²) in [6.45, 7) is 15.4. The summed E-state index contributed by atoms with van der Waals surface area (Å²) in [5.41, 5.74) is 3.37. The van der Waals surface area contributed by atoms with Gasteiger partial charge in [0, 0.05) is 5.41 Å². The Balaban J connectivity index is 2.95. The first-order valence-electron chi connectivity index (χ1n) is 5.89. The molecule has 0 aromatic carbocycles. The molecule has 0 radical (unpaired) electrons. The Morgan fingerprint density at radius 2 is 1.44 bits per heavy atom. The second kappa shape index (κ2) is 5.69. The minimum absolute atomic E-state index is 0.288. The Morgan fingerprint density at radius 1 is 0.875 bits per heavy atom. The number of allylic oxidation sites excluding steroid dienone is 6. The van der Waals surface area contributed by atoms with Crippen LogP contribution in [-0.4, -0.2) is 0 Å². The highest BCUT2D eigenvalue weighted by molar-refractivity contribution is 5.38. The summed E-state index contributed by atoms with van der Waals surface area (Å²) in [4.78, 5) is 0. The fourth-order valence-electron chi connectivity index (χ4n) is 2.79. The van der Waals surface area contributed by atoms with Crippen LogP contribution in [0.25, 0.3) is 0 Å². The maximum absolute atomic E-state index is 3.87. The third-order valence-corrected chi connectivity index (χ3v) is 3.43. The van der Waals surface area contributed by atoms with E-state index in [0.29, 0.717) is 0 Å². The zero-order valence-electron chi connectivity index (χ0n) is 10.2. The van der Waals surface area contributed by atoms with Crippen LogP contribution < -0.4 is 0 Å². The first kappa shape index (κ1) is 12.8. The molecule has 1 aliphatic carbocycles. The molecule has 0 nitrogen and oxygen atoms in total. The summed E-state index contributed by atoms with van der Waals surface area (Å²) in [5.74, 6) is 0. The van der Waals surface area contributed by atoms with Crippen molar-refractivity contribution in [1.82, 2.24) is 0 Å². The van der Waals surface area contributed by atoms with Crippen LogP contribution in [0.15, 0.2) is 61.8 Å². The van der Waals surface area contributed by atoms with Crippen molar-refractivity contribution in [2.45, 2.75) is 32.1 Å². The van der Waals surface area contributed by atoms with Gasteiger partial charge in [-0.15, -0.1) is 26.3 Å². The molecule has 0 amide bonds. The molecular formula is C16H22. The standard InChI is InChI=1S/C16H22/c1-5-9-14-13-16(11-7-3,12-8-4)15(14)10-6-2/h5-8H,1-4,9-13H2. The molecule has 0 bridgehead atoms. The van der Waals surface area contributed by atoms with Crippen molar-refractivity contribution in [1.29, 1.82) is 0 Å². The molecule has 16 heavy (non-hydrogen) atoms. The first-order chi connectivity index (χ1) is 7.74. The zero-order valence-corrected chi connectivity index (χ0v) is 10.2. The van der Waals surface area contributed by atoms with Gasteiger partial charge in [-0.2, -0.15) is 0 Å². The van der Waals surface area contributed by atoms with Gasteiger partial charge in [0.1, 0.15) is 0 Å². The lowest BCUT2D eigenvalue weighted by atomic mass is 9.58. The van der Waals surface area contributed by atoms with Crippen LogP contribution in [0.3, 0.4) is 0 Å². The maximum atomic E-state index is 3.87. The van der Waals surface area contributed by atoms with Crippen molar-refractivity contribution < 1.29 is 0 Å². The minimum atomic E-state index is 0.288. The largest absolute Gasteiger partial charge is 0.103 e. The van der Waals surface area contributed by atoms with Crippen molar-refractivity contribution in [2.75, 3.05) is 0 Å². The molecular weight excluding hydrogens is 192 g/mol. The highest BCUT2D eigenvalue weighted by Crippen LogP contribution is 2.54. The molecule has 1 rings (SSSR count). The lowest BCUT2D eigenvalue weighted by molar-refractivity contribution is 0.296. The Bertz CT molecular complexity index is 318. The van der Waals surface area contributed by atoms with Crippen molar-refractivity contribution in [3.63, 3.8) is 0 Å². The van der Waals surface area contributed by atoms with Crippen LogP contribution in [0, 0.1) is 5.41 Å². The van der Waals surface area contributed by atoms with Crippen LogP contribution >= 0.6 is 0 Å². The number of hydrogen-bond donors (Lipinski definition) is 0. The summed E-state index contributed by atoms with van der Waals surface area (Å²) >= 11 is 0. The summed E-state index contributed by atoms with van der Waals surface area (Å²) in [7, 11) is 0. The molecule has 0 aromatic heterocycles. The van der Waals surface area contributed by atoms with Gasteiger partial charge < -0.3 is 0 Å². The van der Waals surface area contributed by atoms with E-state index in [1.807, 2.05) is 24.3 Å². The second-order valence-electron chi connectivity index (χ2n) is 4.51. The van der Waals surface area contributed by atoms with Crippen LogP contribution in [0.2, 0.25) is 0 Å². The van der Waals surface area contributed by atoms with Crippen LogP contribution in [0.1, 0.15) is 32.1 Å². The van der Waals surface area contributed by atoms with Crippen molar-refractivity contribution in [2.24, 2.45) is 5.41 Å². The molecule has 0 heteroatoms. The van der Waals surface area contributed by atoms with Gasteiger partial charge in [-0.25, -0.2) is 0 Å². The molecule has 86 valence electrons.